The van der Waals surface area contributed by atoms with Gasteiger partial charge in [-0.3, -0.25) is 9.52 Å². The second-order valence-electron chi connectivity index (χ2n) is 6.64. The van der Waals surface area contributed by atoms with Crippen molar-refractivity contribution in [3.63, 3.8) is 0 Å². The molecule has 144 valence electrons. The van der Waals surface area contributed by atoms with E-state index in [2.05, 4.69) is 10.0 Å². The Hall–Kier alpha value is -2.45. The lowest BCUT2D eigenvalue weighted by Crippen LogP contribution is -2.39. The molecule has 2 aromatic rings. The predicted octanol–water partition coefficient (Wildman–Crippen LogP) is 2.48. The van der Waals surface area contributed by atoms with Crippen LogP contribution in [0.2, 0.25) is 0 Å². The molecule has 1 fully saturated rings. The lowest BCUT2D eigenvalue weighted by Gasteiger charge is -2.19. The Morgan fingerprint density at radius 1 is 1.07 bits per heavy atom. The van der Waals surface area contributed by atoms with Gasteiger partial charge in [-0.1, -0.05) is 6.42 Å². The number of benzene rings is 2. The minimum Gasteiger partial charge on any atom is -0.349 e. The molecule has 1 saturated carbocycles. The van der Waals surface area contributed by atoms with Crippen LogP contribution in [-0.4, -0.2) is 26.9 Å². The summed E-state index contributed by atoms with van der Waals surface area (Å²) in [6.07, 6.45) is 2.95. The zero-order valence-electron chi connectivity index (χ0n) is 14.7. The van der Waals surface area contributed by atoms with Gasteiger partial charge in [-0.2, -0.15) is 0 Å². The number of carbonyl (C=O) groups is 1. The topological polar surface area (TPSA) is 101 Å². The van der Waals surface area contributed by atoms with Crippen molar-refractivity contribution in [2.45, 2.75) is 30.2 Å². The number of rotatable bonds is 6. The number of halogens is 1. The summed E-state index contributed by atoms with van der Waals surface area (Å²) < 4.78 is 40.1. The molecule has 6 nitrogen and oxygen atoms in total. The molecule has 8 heteroatoms. The summed E-state index contributed by atoms with van der Waals surface area (Å²) in [5.41, 5.74) is 6.38. The maximum Gasteiger partial charge on any atom is 0.261 e. The van der Waals surface area contributed by atoms with E-state index >= 15 is 0 Å². The van der Waals surface area contributed by atoms with Crippen LogP contribution in [0.1, 0.15) is 29.6 Å². The highest BCUT2D eigenvalue weighted by atomic mass is 32.2. The molecule has 0 aliphatic heterocycles. The summed E-state index contributed by atoms with van der Waals surface area (Å²) in [5.74, 6) is -0.406. The molecule has 0 aromatic heterocycles. The Bertz CT molecular complexity index is 899. The van der Waals surface area contributed by atoms with Crippen LogP contribution in [0.25, 0.3) is 0 Å². The fourth-order valence-electron chi connectivity index (χ4n) is 3.28. The molecule has 2 unspecified atom stereocenters. The Morgan fingerprint density at radius 3 is 2.37 bits per heavy atom. The van der Waals surface area contributed by atoms with Crippen LogP contribution >= 0.6 is 0 Å². The number of anilines is 1. The molecular weight excluding hydrogens is 369 g/mol. The van der Waals surface area contributed by atoms with E-state index in [4.69, 9.17) is 5.73 Å². The van der Waals surface area contributed by atoms with Gasteiger partial charge in [0, 0.05) is 17.3 Å². The summed E-state index contributed by atoms with van der Waals surface area (Å²) in [6, 6.07) is 10.8. The minimum atomic E-state index is -3.82. The van der Waals surface area contributed by atoms with Crippen molar-refractivity contribution in [2.24, 2.45) is 11.7 Å². The highest BCUT2D eigenvalue weighted by molar-refractivity contribution is 7.92. The Kier molecular flexibility index (Phi) is 5.76. The minimum absolute atomic E-state index is 0.0177. The van der Waals surface area contributed by atoms with Gasteiger partial charge in [0.25, 0.3) is 15.9 Å². The highest BCUT2D eigenvalue weighted by Crippen LogP contribution is 2.25. The van der Waals surface area contributed by atoms with Crippen molar-refractivity contribution in [2.75, 3.05) is 11.3 Å². The lowest BCUT2D eigenvalue weighted by molar-refractivity contribution is 0.0928. The summed E-state index contributed by atoms with van der Waals surface area (Å²) >= 11 is 0. The molecule has 2 atom stereocenters. The van der Waals surface area contributed by atoms with Gasteiger partial charge in [0.1, 0.15) is 5.82 Å². The number of amides is 1. The standard InChI is InChI=1S/C19H22FN3O3S/c20-15-6-8-16(9-7-15)23-27(25,26)17-10-4-13(5-11-17)19(24)22-18-3-1-2-14(18)12-21/h4-11,14,18,23H,1-3,12,21H2,(H,22,24). The van der Waals surface area contributed by atoms with E-state index in [0.717, 1.165) is 19.3 Å². The first-order chi connectivity index (χ1) is 12.9. The zero-order valence-corrected chi connectivity index (χ0v) is 15.5. The van der Waals surface area contributed by atoms with Gasteiger partial charge < -0.3 is 11.1 Å². The first kappa shape index (κ1) is 19.3. The van der Waals surface area contributed by atoms with Gasteiger partial charge in [-0.05, 0) is 73.8 Å². The predicted molar refractivity (Wildman–Crippen MR) is 101 cm³/mol. The normalized spacial score (nSPS) is 19.6. The summed E-state index contributed by atoms with van der Waals surface area (Å²) in [7, 11) is -3.82. The molecule has 1 amide bonds. The molecule has 3 rings (SSSR count). The second-order valence-corrected chi connectivity index (χ2v) is 8.33. The average molecular weight is 391 g/mol. The average Bonchev–Trinajstić information content (AvgIpc) is 3.10. The van der Waals surface area contributed by atoms with Gasteiger partial charge in [-0.25, -0.2) is 12.8 Å². The number of hydrogen-bond donors (Lipinski definition) is 3. The summed E-state index contributed by atoms with van der Waals surface area (Å²) in [4.78, 5) is 12.4. The summed E-state index contributed by atoms with van der Waals surface area (Å²) in [5, 5.41) is 2.98. The van der Waals surface area contributed by atoms with Crippen molar-refractivity contribution in [3.8, 4) is 0 Å². The van der Waals surface area contributed by atoms with E-state index in [-0.39, 0.29) is 28.4 Å². The van der Waals surface area contributed by atoms with E-state index in [0.29, 0.717) is 12.1 Å². The summed E-state index contributed by atoms with van der Waals surface area (Å²) in [6.45, 7) is 0.539. The number of nitrogens with one attached hydrogen (secondary N) is 2. The molecular formula is C19H22FN3O3S. The Morgan fingerprint density at radius 2 is 1.74 bits per heavy atom. The first-order valence-electron chi connectivity index (χ1n) is 8.78. The second kappa shape index (κ2) is 8.06. The quantitative estimate of drug-likeness (QED) is 0.704. The third-order valence-electron chi connectivity index (χ3n) is 4.80. The van der Waals surface area contributed by atoms with E-state index in [1.54, 1.807) is 0 Å². The van der Waals surface area contributed by atoms with Crippen LogP contribution in [-0.2, 0) is 10.0 Å². The molecule has 0 saturated heterocycles. The van der Waals surface area contributed by atoms with Crippen LogP contribution in [0.4, 0.5) is 10.1 Å². The van der Waals surface area contributed by atoms with Gasteiger partial charge in [0.05, 0.1) is 4.90 Å². The largest absolute Gasteiger partial charge is 0.349 e. The molecule has 0 radical (unpaired) electrons. The molecule has 27 heavy (non-hydrogen) atoms. The van der Waals surface area contributed by atoms with Crippen molar-refractivity contribution in [1.82, 2.24) is 5.32 Å². The monoisotopic (exact) mass is 391 g/mol. The van der Waals surface area contributed by atoms with E-state index in [1.165, 1.54) is 48.5 Å². The maximum atomic E-state index is 12.9. The third-order valence-corrected chi connectivity index (χ3v) is 6.20. The van der Waals surface area contributed by atoms with Gasteiger partial charge in [-0.15, -0.1) is 0 Å². The number of nitrogens with two attached hydrogens (primary N) is 1. The van der Waals surface area contributed by atoms with Crippen molar-refractivity contribution < 1.29 is 17.6 Å². The maximum absolute atomic E-state index is 12.9. The number of hydrogen-bond acceptors (Lipinski definition) is 4. The smallest absolute Gasteiger partial charge is 0.261 e. The fraction of sp³-hybridized carbons (Fsp3) is 0.316. The van der Waals surface area contributed by atoms with Gasteiger partial charge in [0.15, 0.2) is 0 Å². The first-order valence-corrected chi connectivity index (χ1v) is 10.3. The molecule has 1 aliphatic carbocycles. The van der Waals surface area contributed by atoms with E-state index < -0.39 is 15.8 Å². The highest BCUT2D eigenvalue weighted by Gasteiger charge is 2.27. The zero-order chi connectivity index (χ0) is 19.4. The molecule has 2 aromatic carbocycles. The Labute approximate surface area is 158 Å². The van der Waals surface area contributed by atoms with Crippen molar-refractivity contribution >= 4 is 21.6 Å². The molecule has 4 N–H and O–H groups in total. The van der Waals surface area contributed by atoms with Gasteiger partial charge in [0.2, 0.25) is 0 Å². The third kappa shape index (κ3) is 4.64. The van der Waals surface area contributed by atoms with Crippen LogP contribution in [0.3, 0.4) is 0 Å². The molecule has 0 bridgehead atoms. The molecule has 1 aliphatic rings. The van der Waals surface area contributed by atoms with E-state index in [9.17, 15) is 17.6 Å². The van der Waals surface area contributed by atoms with Crippen molar-refractivity contribution in [1.29, 1.82) is 0 Å². The SMILES string of the molecule is NCC1CCCC1NC(=O)c1ccc(S(=O)(=O)Nc2ccc(F)cc2)cc1. The van der Waals surface area contributed by atoms with Crippen molar-refractivity contribution in [3.05, 3.63) is 59.9 Å². The Balaban J connectivity index is 1.68. The lowest BCUT2D eigenvalue weighted by atomic mass is 10.0. The molecule has 0 heterocycles. The number of carbonyl (C=O) groups excluding carboxylic acids is 1. The van der Waals surface area contributed by atoms with Crippen LogP contribution in [0.5, 0.6) is 0 Å². The van der Waals surface area contributed by atoms with E-state index in [1.807, 2.05) is 0 Å². The van der Waals surface area contributed by atoms with Gasteiger partial charge >= 0.3 is 0 Å². The van der Waals surface area contributed by atoms with Crippen LogP contribution < -0.4 is 15.8 Å². The molecule has 0 spiro atoms. The van der Waals surface area contributed by atoms with Crippen LogP contribution in [0.15, 0.2) is 53.4 Å². The van der Waals surface area contributed by atoms with Crippen LogP contribution in [0, 0.1) is 11.7 Å². The number of sulfonamides is 1. The fourth-order valence-corrected chi connectivity index (χ4v) is 4.34.